The lowest BCUT2D eigenvalue weighted by atomic mass is 10.3. The van der Waals surface area contributed by atoms with Gasteiger partial charge in [0.1, 0.15) is 11.6 Å². The molecule has 0 atom stereocenters. The quantitative estimate of drug-likeness (QED) is 0.859. The first kappa shape index (κ1) is 13.9. The monoisotopic (exact) mass is 299 g/mol. The second-order valence-corrected chi connectivity index (χ2v) is 4.64. The van der Waals surface area contributed by atoms with Gasteiger partial charge in [-0.2, -0.15) is 0 Å². The molecule has 0 bridgehead atoms. The van der Waals surface area contributed by atoms with E-state index in [0.717, 1.165) is 18.1 Å². The van der Waals surface area contributed by atoms with E-state index in [-0.39, 0.29) is 10.0 Å². The van der Waals surface area contributed by atoms with Crippen LogP contribution in [0.25, 0.3) is 0 Å². The molecule has 3 nitrogen and oxygen atoms in total. The van der Waals surface area contributed by atoms with Crippen LogP contribution in [0.15, 0.2) is 30.5 Å². The van der Waals surface area contributed by atoms with Crippen molar-refractivity contribution >= 4 is 40.4 Å². The first-order valence-corrected chi connectivity index (χ1v) is 6.47. The Bertz CT molecular complexity index is 567. The number of hydrogen-bond donors (Lipinski definition) is 2. The average Bonchev–Trinajstić information content (AvgIpc) is 2.35. The summed E-state index contributed by atoms with van der Waals surface area (Å²) in [5.74, 6) is 0.269. The van der Waals surface area contributed by atoms with E-state index in [1.54, 1.807) is 12.3 Å². The van der Waals surface area contributed by atoms with Crippen LogP contribution in [0.3, 0.4) is 0 Å². The first-order chi connectivity index (χ1) is 9.10. The molecule has 100 valence electrons. The Hall–Kier alpha value is -1.52. The zero-order chi connectivity index (χ0) is 13.8. The van der Waals surface area contributed by atoms with Crippen molar-refractivity contribution in [1.82, 2.24) is 4.98 Å². The smallest absolute Gasteiger partial charge is 0.127 e. The van der Waals surface area contributed by atoms with Crippen molar-refractivity contribution in [3.63, 3.8) is 0 Å². The average molecular weight is 300 g/mol. The number of hydrogen-bond acceptors (Lipinski definition) is 3. The Morgan fingerprint density at radius 3 is 2.53 bits per heavy atom. The second kappa shape index (κ2) is 6.08. The number of anilines is 3. The fourth-order valence-corrected chi connectivity index (χ4v) is 2.15. The van der Waals surface area contributed by atoms with Gasteiger partial charge in [0.25, 0.3) is 0 Å². The molecule has 19 heavy (non-hydrogen) atoms. The molecule has 1 heterocycles. The van der Waals surface area contributed by atoms with Crippen LogP contribution in [0.4, 0.5) is 21.6 Å². The number of nitrogens with zero attached hydrogens (tertiary/aromatic N) is 1. The van der Waals surface area contributed by atoms with Crippen LogP contribution in [0, 0.1) is 5.82 Å². The van der Waals surface area contributed by atoms with Gasteiger partial charge in [-0.15, -0.1) is 0 Å². The summed E-state index contributed by atoms with van der Waals surface area (Å²) >= 11 is 11.9. The van der Waals surface area contributed by atoms with Crippen molar-refractivity contribution < 1.29 is 4.39 Å². The summed E-state index contributed by atoms with van der Waals surface area (Å²) in [6.07, 6.45) is 1.66. The Morgan fingerprint density at radius 1 is 1.21 bits per heavy atom. The van der Waals surface area contributed by atoms with Crippen molar-refractivity contribution in [3.8, 4) is 0 Å². The van der Waals surface area contributed by atoms with Gasteiger partial charge in [-0.1, -0.05) is 23.2 Å². The molecule has 0 fully saturated rings. The lowest BCUT2D eigenvalue weighted by Crippen LogP contribution is -2.00. The highest BCUT2D eigenvalue weighted by molar-refractivity contribution is 6.39. The van der Waals surface area contributed by atoms with Gasteiger partial charge in [-0.3, -0.25) is 0 Å². The van der Waals surface area contributed by atoms with Crippen LogP contribution in [0.5, 0.6) is 0 Å². The highest BCUT2D eigenvalue weighted by Crippen LogP contribution is 2.33. The molecular formula is C13H12Cl2FN3. The molecule has 2 aromatic rings. The van der Waals surface area contributed by atoms with E-state index in [1.807, 2.05) is 13.0 Å². The summed E-state index contributed by atoms with van der Waals surface area (Å²) in [5.41, 5.74) is 1.24. The highest BCUT2D eigenvalue weighted by atomic mass is 35.5. The first-order valence-electron chi connectivity index (χ1n) is 5.71. The van der Waals surface area contributed by atoms with Crippen molar-refractivity contribution in [2.75, 3.05) is 17.2 Å². The van der Waals surface area contributed by atoms with Gasteiger partial charge in [0.05, 0.1) is 15.7 Å². The Morgan fingerprint density at radius 2 is 1.89 bits per heavy atom. The van der Waals surface area contributed by atoms with Crippen LogP contribution in [0.1, 0.15) is 6.92 Å². The third-order valence-corrected chi connectivity index (χ3v) is 2.99. The maximum absolute atomic E-state index is 13.1. The normalized spacial score (nSPS) is 10.3. The molecule has 0 unspecified atom stereocenters. The SMILES string of the molecule is CCNc1cc(Nc2c(Cl)cc(F)cc2Cl)ccn1. The van der Waals surface area contributed by atoms with E-state index in [4.69, 9.17) is 23.2 Å². The van der Waals surface area contributed by atoms with Crippen LogP contribution in [-0.4, -0.2) is 11.5 Å². The Kier molecular flexibility index (Phi) is 4.45. The van der Waals surface area contributed by atoms with Gasteiger partial charge >= 0.3 is 0 Å². The minimum atomic E-state index is -0.469. The summed E-state index contributed by atoms with van der Waals surface area (Å²) in [5, 5.41) is 6.61. The topological polar surface area (TPSA) is 37.0 Å². The number of pyridine rings is 1. The predicted octanol–water partition coefficient (Wildman–Crippen LogP) is 4.70. The minimum Gasteiger partial charge on any atom is -0.370 e. The maximum atomic E-state index is 13.1. The molecule has 0 saturated carbocycles. The van der Waals surface area contributed by atoms with Gasteiger partial charge in [-0.25, -0.2) is 9.37 Å². The van der Waals surface area contributed by atoms with E-state index in [0.29, 0.717) is 5.69 Å². The fourth-order valence-electron chi connectivity index (χ4n) is 1.59. The molecule has 2 N–H and O–H groups in total. The molecule has 1 aromatic heterocycles. The predicted molar refractivity (Wildman–Crippen MR) is 78.1 cm³/mol. The molecule has 2 rings (SSSR count). The van der Waals surface area contributed by atoms with Gasteiger partial charge < -0.3 is 10.6 Å². The van der Waals surface area contributed by atoms with E-state index < -0.39 is 5.82 Å². The summed E-state index contributed by atoms with van der Waals surface area (Å²) in [7, 11) is 0. The summed E-state index contributed by atoms with van der Waals surface area (Å²) in [6, 6.07) is 6.01. The zero-order valence-electron chi connectivity index (χ0n) is 10.2. The second-order valence-electron chi connectivity index (χ2n) is 3.83. The van der Waals surface area contributed by atoms with Crippen molar-refractivity contribution in [2.45, 2.75) is 6.92 Å². The summed E-state index contributed by atoms with van der Waals surface area (Å²) in [6.45, 7) is 2.75. The fraction of sp³-hybridized carbons (Fsp3) is 0.154. The maximum Gasteiger partial charge on any atom is 0.127 e. The van der Waals surface area contributed by atoms with Crippen molar-refractivity contribution in [3.05, 3.63) is 46.3 Å². The number of rotatable bonds is 4. The van der Waals surface area contributed by atoms with Crippen LogP contribution in [0.2, 0.25) is 10.0 Å². The van der Waals surface area contributed by atoms with Gasteiger partial charge in [0, 0.05) is 24.5 Å². The zero-order valence-corrected chi connectivity index (χ0v) is 11.7. The summed E-state index contributed by atoms with van der Waals surface area (Å²) < 4.78 is 13.1. The molecule has 0 aliphatic rings. The van der Waals surface area contributed by atoms with Crippen molar-refractivity contribution in [1.29, 1.82) is 0 Å². The van der Waals surface area contributed by atoms with E-state index in [2.05, 4.69) is 15.6 Å². The number of nitrogens with one attached hydrogen (secondary N) is 2. The van der Waals surface area contributed by atoms with Crippen LogP contribution < -0.4 is 10.6 Å². The van der Waals surface area contributed by atoms with Gasteiger partial charge in [0.2, 0.25) is 0 Å². The summed E-state index contributed by atoms with van der Waals surface area (Å²) in [4.78, 5) is 4.15. The largest absolute Gasteiger partial charge is 0.370 e. The van der Waals surface area contributed by atoms with E-state index in [1.165, 1.54) is 12.1 Å². The minimum absolute atomic E-state index is 0.229. The number of aromatic nitrogens is 1. The highest BCUT2D eigenvalue weighted by Gasteiger charge is 2.09. The van der Waals surface area contributed by atoms with E-state index in [9.17, 15) is 4.39 Å². The lowest BCUT2D eigenvalue weighted by molar-refractivity contribution is 0.628. The molecule has 0 radical (unpaired) electrons. The molecule has 1 aromatic carbocycles. The molecule has 0 aliphatic heterocycles. The Balaban J connectivity index is 2.28. The third kappa shape index (κ3) is 3.49. The number of benzene rings is 1. The molecular weight excluding hydrogens is 288 g/mol. The van der Waals surface area contributed by atoms with Gasteiger partial charge in [-0.05, 0) is 25.1 Å². The Labute approximate surface area is 120 Å². The number of halogens is 3. The third-order valence-electron chi connectivity index (χ3n) is 2.39. The lowest BCUT2D eigenvalue weighted by Gasteiger charge is -2.11. The van der Waals surface area contributed by atoms with Crippen molar-refractivity contribution in [2.24, 2.45) is 0 Å². The molecule has 6 heteroatoms. The van der Waals surface area contributed by atoms with E-state index >= 15 is 0 Å². The van der Waals surface area contributed by atoms with Crippen LogP contribution >= 0.6 is 23.2 Å². The molecule has 0 spiro atoms. The molecule has 0 aliphatic carbocycles. The molecule has 0 saturated heterocycles. The molecule has 0 amide bonds. The van der Waals surface area contributed by atoms with Crippen LogP contribution in [-0.2, 0) is 0 Å². The standard InChI is InChI=1S/C13H12Cl2FN3/c1-2-17-12-7-9(3-4-18-12)19-13-10(14)5-8(16)6-11(13)15/h3-7H,2H2,1H3,(H2,17,18,19). The van der Waals surface area contributed by atoms with Gasteiger partial charge in [0.15, 0.2) is 0 Å².